The van der Waals surface area contributed by atoms with Gasteiger partial charge in [0.05, 0.1) is 13.0 Å². The molecule has 1 heterocycles. The number of nitrogens with zero attached hydrogens (tertiary/aromatic N) is 3. The molecule has 3 rings (SSSR count). The van der Waals surface area contributed by atoms with Crippen molar-refractivity contribution in [1.82, 2.24) is 20.4 Å². The van der Waals surface area contributed by atoms with Crippen LogP contribution >= 0.6 is 22.9 Å². The SMILES string of the molecule is CN(C)CC(=O)OC(C(=O)Nc1nnc(CCCC/C(N)=C/C=C(\N)NC(=O)Cc2cccc(OC(F)(F)F)c2)s1)c1cccc(Cl)c1. The number of allylic oxidation sites excluding steroid dienone is 3. The van der Waals surface area contributed by atoms with Crippen LogP contribution in [0.15, 0.2) is 72.2 Å². The third-order valence-electron chi connectivity index (χ3n) is 6.14. The summed E-state index contributed by atoms with van der Waals surface area (Å²) < 4.78 is 46.6. The van der Waals surface area contributed by atoms with E-state index in [0.717, 1.165) is 12.1 Å². The Bertz CT molecular complexity index is 1630. The van der Waals surface area contributed by atoms with E-state index in [4.69, 9.17) is 27.8 Å². The molecule has 0 fully saturated rings. The molecule has 0 saturated heterocycles. The summed E-state index contributed by atoms with van der Waals surface area (Å²) in [6.07, 6.45) is -0.837. The Kier molecular flexibility index (Phi) is 14.2. The predicted molar refractivity (Wildman–Crippen MR) is 174 cm³/mol. The number of aromatic nitrogens is 2. The number of hydrogen-bond donors (Lipinski definition) is 4. The predicted octanol–water partition coefficient (Wildman–Crippen LogP) is 4.59. The molecule has 0 aliphatic rings. The van der Waals surface area contributed by atoms with Crippen LogP contribution in [-0.4, -0.2) is 59.9 Å². The van der Waals surface area contributed by atoms with Crippen molar-refractivity contribution in [2.75, 3.05) is 26.0 Å². The van der Waals surface area contributed by atoms with Crippen molar-refractivity contribution < 1.29 is 37.0 Å². The van der Waals surface area contributed by atoms with Crippen LogP contribution in [0.5, 0.6) is 5.75 Å². The number of halogens is 4. The Morgan fingerprint density at radius 1 is 1.06 bits per heavy atom. The number of rotatable bonds is 16. The second-order valence-corrected chi connectivity index (χ2v) is 12.1. The first-order valence-electron chi connectivity index (χ1n) is 14.5. The first-order chi connectivity index (χ1) is 22.7. The summed E-state index contributed by atoms with van der Waals surface area (Å²) in [5, 5.41) is 14.6. The van der Waals surface area contributed by atoms with Gasteiger partial charge in [0.25, 0.3) is 5.91 Å². The van der Waals surface area contributed by atoms with Crippen LogP contribution in [-0.2, 0) is 32.0 Å². The highest BCUT2D eigenvalue weighted by Crippen LogP contribution is 2.26. The second kappa shape index (κ2) is 18.0. The molecular weight excluding hydrogens is 675 g/mol. The van der Waals surface area contributed by atoms with Crippen LogP contribution in [0.1, 0.15) is 41.5 Å². The van der Waals surface area contributed by atoms with Gasteiger partial charge in [-0.25, -0.2) is 0 Å². The number of nitrogens with one attached hydrogen (secondary N) is 2. The Morgan fingerprint density at radius 2 is 1.81 bits per heavy atom. The van der Waals surface area contributed by atoms with Gasteiger partial charge in [-0.1, -0.05) is 47.2 Å². The van der Waals surface area contributed by atoms with Gasteiger partial charge in [-0.2, -0.15) is 0 Å². The fourth-order valence-corrected chi connectivity index (χ4v) is 5.10. The van der Waals surface area contributed by atoms with Gasteiger partial charge in [0.2, 0.25) is 17.1 Å². The number of alkyl halides is 3. The molecule has 1 unspecified atom stereocenters. The standard InChI is InChI=1S/C31H35ClF3N7O5S/c1-42(2)18-27(44)46-28(20-8-6-9-21(32)17-20)29(45)39-30-41-40-26(48-30)12-4-3-10-22(36)13-14-24(37)38-25(43)16-19-7-5-11-23(15-19)47-31(33,34)35/h5-9,11,13-15,17,28H,3-4,10,12,16,18,36-37H2,1-2H3,(H,38,43)(H,39,41,45)/b22-13-,24-14+. The minimum Gasteiger partial charge on any atom is -0.446 e. The molecule has 1 aromatic heterocycles. The molecule has 48 heavy (non-hydrogen) atoms. The number of benzene rings is 2. The molecule has 0 aliphatic heterocycles. The fourth-order valence-electron chi connectivity index (χ4n) is 4.12. The third kappa shape index (κ3) is 14.0. The first kappa shape index (κ1) is 37.8. The zero-order valence-corrected chi connectivity index (χ0v) is 27.6. The van der Waals surface area contributed by atoms with E-state index in [0.29, 0.717) is 52.5 Å². The van der Waals surface area contributed by atoms with E-state index in [9.17, 15) is 27.6 Å². The van der Waals surface area contributed by atoms with E-state index in [1.165, 1.54) is 29.5 Å². The molecule has 1 atom stereocenters. The molecule has 6 N–H and O–H groups in total. The van der Waals surface area contributed by atoms with E-state index in [2.05, 4.69) is 25.6 Å². The van der Waals surface area contributed by atoms with E-state index in [1.807, 2.05) is 0 Å². The van der Waals surface area contributed by atoms with Crippen molar-refractivity contribution in [3.63, 3.8) is 0 Å². The minimum atomic E-state index is -4.84. The molecule has 258 valence electrons. The topological polar surface area (TPSA) is 175 Å². The number of unbranched alkanes of at least 4 members (excludes halogenated alkanes) is 1. The second-order valence-electron chi connectivity index (χ2n) is 10.6. The van der Waals surface area contributed by atoms with E-state index in [-0.39, 0.29) is 23.9 Å². The van der Waals surface area contributed by atoms with Crippen molar-refractivity contribution in [1.29, 1.82) is 0 Å². The van der Waals surface area contributed by atoms with E-state index < -0.39 is 36.0 Å². The third-order valence-corrected chi connectivity index (χ3v) is 7.28. The molecule has 3 aromatic rings. The van der Waals surface area contributed by atoms with Gasteiger partial charge in [-0.05, 0) is 75.3 Å². The van der Waals surface area contributed by atoms with Crippen molar-refractivity contribution >= 4 is 45.9 Å². The molecule has 17 heteroatoms. The lowest BCUT2D eigenvalue weighted by molar-refractivity contribution is -0.274. The van der Waals surface area contributed by atoms with Gasteiger partial charge < -0.3 is 26.3 Å². The zero-order valence-electron chi connectivity index (χ0n) is 26.1. The summed E-state index contributed by atoms with van der Waals surface area (Å²) in [6, 6.07) is 11.6. The summed E-state index contributed by atoms with van der Waals surface area (Å²) in [5.41, 5.74) is 13.1. The summed E-state index contributed by atoms with van der Waals surface area (Å²) in [5.74, 6) is -2.13. The maximum absolute atomic E-state index is 13.1. The van der Waals surface area contributed by atoms with Gasteiger partial charge in [0.15, 0.2) is 0 Å². The lowest BCUT2D eigenvalue weighted by atomic mass is 10.1. The molecule has 0 saturated carbocycles. The number of carbonyl (C=O) groups excluding carboxylic acids is 3. The lowest BCUT2D eigenvalue weighted by Crippen LogP contribution is -2.30. The zero-order chi connectivity index (χ0) is 35.3. The molecule has 2 amide bonds. The Hall–Kier alpha value is -4.67. The van der Waals surface area contributed by atoms with Crippen LogP contribution in [0, 0.1) is 0 Å². The average Bonchev–Trinajstić information content (AvgIpc) is 3.42. The number of amides is 2. The molecule has 0 bridgehead atoms. The van der Waals surface area contributed by atoms with Crippen LogP contribution in [0.4, 0.5) is 18.3 Å². The largest absolute Gasteiger partial charge is 0.573 e. The Morgan fingerprint density at radius 3 is 2.52 bits per heavy atom. The van der Waals surface area contributed by atoms with Crippen LogP contribution in [0.2, 0.25) is 5.02 Å². The molecule has 2 aromatic carbocycles. The summed E-state index contributed by atoms with van der Waals surface area (Å²) in [6.45, 7) is -0.0154. The number of nitrogens with two attached hydrogens (primary N) is 2. The first-order valence-corrected chi connectivity index (χ1v) is 15.7. The van der Waals surface area contributed by atoms with Crippen LogP contribution in [0.25, 0.3) is 0 Å². The highest BCUT2D eigenvalue weighted by atomic mass is 35.5. The quantitative estimate of drug-likeness (QED) is 0.0936. The maximum atomic E-state index is 13.1. The summed E-state index contributed by atoms with van der Waals surface area (Å²) in [7, 11) is 3.41. The van der Waals surface area contributed by atoms with Crippen molar-refractivity contribution in [2.45, 2.75) is 44.6 Å². The number of aryl methyl sites for hydroxylation is 1. The molecule has 12 nitrogen and oxygen atoms in total. The van der Waals surface area contributed by atoms with Crippen molar-refractivity contribution in [2.24, 2.45) is 11.5 Å². The molecule has 0 radical (unpaired) electrons. The number of esters is 1. The average molecular weight is 710 g/mol. The van der Waals surface area contributed by atoms with Gasteiger partial charge in [-0.3, -0.25) is 24.6 Å². The van der Waals surface area contributed by atoms with Gasteiger partial charge in [0.1, 0.15) is 16.6 Å². The number of carbonyl (C=O) groups is 3. The summed E-state index contributed by atoms with van der Waals surface area (Å²) in [4.78, 5) is 39.3. The van der Waals surface area contributed by atoms with Gasteiger partial charge in [-0.15, -0.1) is 23.4 Å². The summed E-state index contributed by atoms with van der Waals surface area (Å²) >= 11 is 7.28. The van der Waals surface area contributed by atoms with Crippen molar-refractivity contribution in [3.8, 4) is 5.75 Å². The highest BCUT2D eigenvalue weighted by Gasteiger charge is 2.31. The fraction of sp³-hybridized carbons (Fsp3) is 0.323. The number of anilines is 1. The number of likely N-dealkylation sites (N-methyl/N-ethyl adjacent to an activating group) is 1. The van der Waals surface area contributed by atoms with Crippen LogP contribution in [0.3, 0.4) is 0 Å². The smallest absolute Gasteiger partial charge is 0.446 e. The van der Waals surface area contributed by atoms with E-state index >= 15 is 0 Å². The Labute approximate surface area is 283 Å². The normalized spacial score (nSPS) is 12.8. The molecular formula is C31H35ClF3N7O5S. The lowest BCUT2D eigenvalue weighted by Gasteiger charge is -2.18. The monoisotopic (exact) mass is 709 g/mol. The molecule has 0 spiro atoms. The van der Waals surface area contributed by atoms with Gasteiger partial charge in [0, 0.05) is 22.7 Å². The van der Waals surface area contributed by atoms with E-state index in [1.54, 1.807) is 49.3 Å². The van der Waals surface area contributed by atoms with Crippen molar-refractivity contribution in [3.05, 3.63) is 93.4 Å². The maximum Gasteiger partial charge on any atom is 0.573 e. The van der Waals surface area contributed by atoms with Crippen LogP contribution < -0.4 is 26.8 Å². The minimum absolute atomic E-state index is 0.0131. The number of hydrogen-bond acceptors (Lipinski definition) is 11. The van der Waals surface area contributed by atoms with Gasteiger partial charge >= 0.3 is 12.3 Å². The highest BCUT2D eigenvalue weighted by molar-refractivity contribution is 7.15. The molecule has 0 aliphatic carbocycles. The number of ether oxygens (including phenoxy) is 2. The Balaban J connectivity index is 1.45.